The molecule has 0 aliphatic carbocycles. The highest BCUT2D eigenvalue weighted by Gasteiger charge is 2.19. The molecule has 1 atom stereocenters. The number of hydrogen-bond donors (Lipinski definition) is 1. The van der Waals surface area contributed by atoms with E-state index in [0.29, 0.717) is 0 Å². The summed E-state index contributed by atoms with van der Waals surface area (Å²) in [7, 11) is 1.26. The topological polar surface area (TPSA) is 29.5 Å². The third kappa shape index (κ3) is 2.47. The van der Waals surface area contributed by atoms with Gasteiger partial charge in [0.2, 0.25) is 0 Å². The first-order chi connectivity index (χ1) is 7.51. The number of aliphatic hydroxyl groups excluding tert-OH is 1. The van der Waals surface area contributed by atoms with Crippen molar-refractivity contribution in [2.24, 2.45) is 0 Å². The molecule has 0 heterocycles. The molecule has 1 unspecified atom stereocenters. The molecule has 0 fully saturated rings. The van der Waals surface area contributed by atoms with Gasteiger partial charge in [0.1, 0.15) is 0 Å². The lowest BCUT2D eigenvalue weighted by Gasteiger charge is -2.15. The van der Waals surface area contributed by atoms with Gasteiger partial charge < -0.3 is 9.84 Å². The van der Waals surface area contributed by atoms with Gasteiger partial charge in [-0.05, 0) is 12.1 Å². The molecule has 0 aliphatic heterocycles. The van der Waals surface area contributed by atoms with Gasteiger partial charge in [0, 0.05) is 23.7 Å². The molecular formula is C11H13F3O2. The molecular weight excluding hydrogens is 221 g/mol. The third-order valence-electron chi connectivity index (χ3n) is 2.36. The van der Waals surface area contributed by atoms with E-state index in [4.69, 9.17) is 9.84 Å². The Balaban J connectivity index is 3.30. The van der Waals surface area contributed by atoms with Crippen LogP contribution in [0.2, 0.25) is 0 Å². The number of aliphatic hydroxyl groups is 1. The van der Waals surface area contributed by atoms with E-state index in [1.54, 1.807) is 6.92 Å². The van der Waals surface area contributed by atoms with Crippen LogP contribution < -0.4 is 4.74 Å². The predicted molar refractivity (Wildman–Crippen MR) is 53.4 cm³/mol. The fourth-order valence-electron chi connectivity index (χ4n) is 1.44. The molecule has 5 heteroatoms. The van der Waals surface area contributed by atoms with Crippen LogP contribution in [0, 0.1) is 5.82 Å². The van der Waals surface area contributed by atoms with E-state index in [1.165, 1.54) is 7.11 Å². The molecule has 1 aromatic rings. The first-order valence-corrected chi connectivity index (χ1v) is 4.77. The van der Waals surface area contributed by atoms with Crippen molar-refractivity contribution in [1.29, 1.82) is 0 Å². The van der Waals surface area contributed by atoms with E-state index in [0.717, 1.165) is 12.1 Å². The molecule has 0 aromatic heterocycles. The molecule has 0 aliphatic rings. The number of rotatable bonds is 4. The van der Waals surface area contributed by atoms with E-state index in [-0.39, 0.29) is 17.9 Å². The molecule has 0 bridgehead atoms. The summed E-state index contributed by atoms with van der Waals surface area (Å²) >= 11 is 0. The van der Waals surface area contributed by atoms with Crippen molar-refractivity contribution in [2.75, 3.05) is 13.7 Å². The van der Waals surface area contributed by atoms with Crippen LogP contribution in [-0.4, -0.2) is 18.8 Å². The third-order valence-corrected chi connectivity index (χ3v) is 2.36. The molecule has 1 N–H and O–H groups in total. The highest BCUT2D eigenvalue weighted by Crippen LogP contribution is 2.33. The minimum Gasteiger partial charge on any atom is -0.493 e. The Kier molecular flexibility index (Phi) is 4.18. The van der Waals surface area contributed by atoms with E-state index in [1.807, 2.05) is 0 Å². The molecule has 0 radical (unpaired) electrons. The quantitative estimate of drug-likeness (QED) is 0.868. The molecule has 0 amide bonds. The highest BCUT2D eigenvalue weighted by atomic mass is 19.3. The van der Waals surface area contributed by atoms with Crippen LogP contribution in [0.1, 0.15) is 30.4 Å². The molecule has 1 aromatic carbocycles. The maximum atomic E-state index is 13.4. The Morgan fingerprint density at radius 3 is 2.44 bits per heavy atom. The van der Waals surface area contributed by atoms with Crippen molar-refractivity contribution in [3.63, 3.8) is 0 Å². The Morgan fingerprint density at radius 1 is 1.38 bits per heavy atom. The fourth-order valence-corrected chi connectivity index (χ4v) is 1.44. The predicted octanol–water partition coefficient (Wildman–Crippen LogP) is 2.87. The van der Waals surface area contributed by atoms with Crippen LogP contribution in [0.5, 0.6) is 5.75 Å². The van der Waals surface area contributed by atoms with Crippen LogP contribution in [0.4, 0.5) is 13.2 Å². The first kappa shape index (κ1) is 12.8. The Bertz CT molecular complexity index is 366. The Labute approximate surface area is 91.7 Å². The summed E-state index contributed by atoms with van der Waals surface area (Å²) in [4.78, 5) is 0. The van der Waals surface area contributed by atoms with Gasteiger partial charge in [0.05, 0.1) is 7.11 Å². The zero-order chi connectivity index (χ0) is 12.3. The second kappa shape index (κ2) is 5.21. The van der Waals surface area contributed by atoms with Gasteiger partial charge in [-0.25, -0.2) is 13.2 Å². The second-order valence-corrected chi connectivity index (χ2v) is 3.51. The van der Waals surface area contributed by atoms with Gasteiger partial charge in [-0.15, -0.1) is 0 Å². The van der Waals surface area contributed by atoms with Crippen LogP contribution in [0.3, 0.4) is 0 Å². The zero-order valence-corrected chi connectivity index (χ0v) is 9.01. The van der Waals surface area contributed by atoms with Gasteiger partial charge in [-0.1, -0.05) is 6.92 Å². The van der Waals surface area contributed by atoms with Gasteiger partial charge in [0.25, 0.3) is 6.43 Å². The van der Waals surface area contributed by atoms with Crippen molar-refractivity contribution < 1.29 is 23.0 Å². The summed E-state index contributed by atoms with van der Waals surface area (Å²) in [6.45, 7) is 1.34. The number of ether oxygens (including phenoxy) is 1. The number of benzene rings is 1. The molecule has 0 spiro atoms. The standard InChI is InChI=1S/C11H13F3O2/c1-6(5-15)8-3-7(11(13)14)4-9(12)10(8)16-2/h3-4,6,11,15H,5H2,1-2H3. The highest BCUT2D eigenvalue weighted by molar-refractivity contribution is 5.41. The summed E-state index contributed by atoms with van der Waals surface area (Å²) in [6.07, 6.45) is -2.75. The smallest absolute Gasteiger partial charge is 0.263 e. The van der Waals surface area contributed by atoms with Crippen LogP contribution in [0.15, 0.2) is 12.1 Å². The van der Waals surface area contributed by atoms with Gasteiger partial charge in [0.15, 0.2) is 11.6 Å². The minimum absolute atomic E-state index is 0.0917. The van der Waals surface area contributed by atoms with Gasteiger partial charge in [-0.3, -0.25) is 0 Å². The maximum Gasteiger partial charge on any atom is 0.263 e. The largest absolute Gasteiger partial charge is 0.493 e. The Hall–Kier alpha value is -1.23. The summed E-state index contributed by atoms with van der Waals surface area (Å²) in [6, 6.07) is 1.91. The molecule has 0 saturated heterocycles. The van der Waals surface area contributed by atoms with Crippen LogP contribution in [0.25, 0.3) is 0 Å². The van der Waals surface area contributed by atoms with Crippen LogP contribution in [-0.2, 0) is 0 Å². The Morgan fingerprint density at radius 2 is 2.00 bits per heavy atom. The van der Waals surface area contributed by atoms with Crippen molar-refractivity contribution in [3.8, 4) is 5.75 Å². The molecule has 90 valence electrons. The average molecular weight is 234 g/mol. The fraction of sp³-hybridized carbons (Fsp3) is 0.455. The van der Waals surface area contributed by atoms with Gasteiger partial charge in [-0.2, -0.15) is 0 Å². The van der Waals surface area contributed by atoms with E-state index >= 15 is 0 Å². The number of alkyl halides is 2. The SMILES string of the molecule is COc1c(F)cc(C(F)F)cc1C(C)CO. The van der Waals surface area contributed by atoms with E-state index < -0.39 is 23.7 Å². The summed E-state index contributed by atoms with van der Waals surface area (Å²) < 4.78 is 43.2. The number of methoxy groups -OCH3 is 1. The molecule has 2 nitrogen and oxygen atoms in total. The summed E-state index contributed by atoms with van der Waals surface area (Å²) in [5, 5.41) is 8.96. The lowest BCUT2D eigenvalue weighted by Crippen LogP contribution is -2.05. The van der Waals surface area contributed by atoms with Crippen molar-refractivity contribution in [3.05, 3.63) is 29.1 Å². The maximum absolute atomic E-state index is 13.4. The number of halogens is 3. The lowest BCUT2D eigenvalue weighted by atomic mass is 9.98. The lowest BCUT2D eigenvalue weighted by molar-refractivity contribution is 0.150. The van der Waals surface area contributed by atoms with Crippen molar-refractivity contribution >= 4 is 0 Å². The van der Waals surface area contributed by atoms with Gasteiger partial charge >= 0.3 is 0 Å². The molecule has 1 rings (SSSR count). The molecule has 16 heavy (non-hydrogen) atoms. The van der Waals surface area contributed by atoms with Crippen molar-refractivity contribution in [2.45, 2.75) is 19.3 Å². The van der Waals surface area contributed by atoms with Crippen molar-refractivity contribution in [1.82, 2.24) is 0 Å². The monoisotopic (exact) mass is 234 g/mol. The number of hydrogen-bond acceptors (Lipinski definition) is 2. The second-order valence-electron chi connectivity index (χ2n) is 3.51. The van der Waals surface area contributed by atoms with E-state index in [9.17, 15) is 13.2 Å². The molecule has 0 saturated carbocycles. The summed E-state index contributed by atoms with van der Waals surface area (Å²) in [5.74, 6) is -1.38. The summed E-state index contributed by atoms with van der Waals surface area (Å²) in [5.41, 5.74) is -0.158. The zero-order valence-electron chi connectivity index (χ0n) is 9.01. The van der Waals surface area contributed by atoms with Crippen LogP contribution >= 0.6 is 0 Å². The average Bonchev–Trinajstić information content (AvgIpc) is 2.26. The van der Waals surface area contributed by atoms with E-state index in [2.05, 4.69) is 0 Å². The first-order valence-electron chi connectivity index (χ1n) is 4.77. The minimum atomic E-state index is -2.75. The normalized spacial score (nSPS) is 12.9.